The first kappa shape index (κ1) is 10.8. The van der Waals surface area contributed by atoms with Gasteiger partial charge in [-0.1, -0.05) is 25.5 Å². The van der Waals surface area contributed by atoms with Crippen molar-refractivity contribution in [3.8, 4) is 0 Å². The van der Waals surface area contributed by atoms with Crippen LogP contribution in [0.25, 0.3) is 0 Å². The Balaban J connectivity index is 2.19. The third kappa shape index (κ3) is 2.84. The van der Waals surface area contributed by atoms with Crippen LogP contribution in [0.2, 0.25) is 0 Å². The highest BCUT2D eigenvalue weighted by molar-refractivity contribution is 5.03. The van der Waals surface area contributed by atoms with Crippen LogP contribution in [-0.2, 0) is 4.74 Å². The van der Waals surface area contributed by atoms with Crippen LogP contribution in [0.15, 0.2) is 11.6 Å². The first-order valence-electron chi connectivity index (χ1n) is 5.45. The van der Waals surface area contributed by atoms with Crippen molar-refractivity contribution in [3.63, 3.8) is 0 Å². The topological polar surface area (TPSA) is 12.5 Å². The minimum atomic E-state index is 0.215. The maximum atomic E-state index is 5.65. The summed E-state index contributed by atoms with van der Waals surface area (Å²) in [5.41, 5.74) is 1.73. The van der Waals surface area contributed by atoms with Crippen molar-refractivity contribution in [1.29, 1.82) is 0 Å². The van der Waals surface area contributed by atoms with E-state index in [0.717, 1.165) is 12.8 Å². The zero-order valence-corrected chi connectivity index (χ0v) is 9.39. The molecule has 0 N–H and O–H groups in total. The van der Waals surface area contributed by atoms with Gasteiger partial charge in [-0.2, -0.15) is 0 Å². The monoisotopic (exact) mass is 182 g/mol. The molecule has 13 heavy (non-hydrogen) atoms. The van der Waals surface area contributed by atoms with Gasteiger partial charge in [0.15, 0.2) is 0 Å². The van der Waals surface area contributed by atoms with E-state index in [4.69, 9.17) is 4.74 Å². The van der Waals surface area contributed by atoms with E-state index in [9.17, 15) is 0 Å². The number of allylic oxidation sites excluding steroid dienone is 2. The zero-order chi connectivity index (χ0) is 9.90. The molecule has 1 heteroatoms. The third-order valence-corrected chi connectivity index (χ3v) is 3.09. The molecule has 0 aromatic heterocycles. The Kier molecular flexibility index (Phi) is 3.55. The van der Waals surface area contributed by atoms with Crippen molar-refractivity contribution in [2.24, 2.45) is 0 Å². The summed E-state index contributed by atoms with van der Waals surface area (Å²) in [5, 5.41) is 0. The molecule has 0 amide bonds. The fourth-order valence-corrected chi connectivity index (χ4v) is 1.78. The van der Waals surface area contributed by atoms with Crippen LogP contribution in [0, 0.1) is 0 Å². The first-order valence-corrected chi connectivity index (χ1v) is 5.45. The Hall–Kier alpha value is -0.300. The Labute approximate surface area is 82.2 Å². The van der Waals surface area contributed by atoms with E-state index < -0.39 is 0 Å². The van der Waals surface area contributed by atoms with E-state index in [0.29, 0.717) is 6.10 Å². The summed E-state index contributed by atoms with van der Waals surface area (Å²) >= 11 is 0. The Morgan fingerprint density at radius 1 is 1.46 bits per heavy atom. The SMILES string of the molecule is CCC=C(C)CCC1OC1(C)CC. The van der Waals surface area contributed by atoms with Crippen LogP contribution < -0.4 is 0 Å². The standard InChI is InChI=1S/C12H22O/c1-5-7-10(3)8-9-11-12(4,6-2)13-11/h7,11H,5-6,8-9H2,1-4H3. The van der Waals surface area contributed by atoms with Crippen molar-refractivity contribution in [1.82, 2.24) is 0 Å². The molecule has 0 saturated carbocycles. The minimum Gasteiger partial charge on any atom is -0.366 e. The summed E-state index contributed by atoms with van der Waals surface area (Å²) in [4.78, 5) is 0. The summed E-state index contributed by atoms with van der Waals surface area (Å²) in [5.74, 6) is 0. The summed E-state index contributed by atoms with van der Waals surface area (Å²) in [6.07, 6.45) is 7.54. The zero-order valence-electron chi connectivity index (χ0n) is 9.39. The van der Waals surface area contributed by atoms with Crippen molar-refractivity contribution in [3.05, 3.63) is 11.6 Å². The molecule has 0 aromatic carbocycles. The summed E-state index contributed by atoms with van der Waals surface area (Å²) in [7, 11) is 0. The summed E-state index contributed by atoms with van der Waals surface area (Å²) < 4.78 is 5.65. The number of epoxide rings is 1. The molecule has 1 nitrogen and oxygen atoms in total. The maximum absolute atomic E-state index is 5.65. The second-order valence-electron chi connectivity index (χ2n) is 4.27. The van der Waals surface area contributed by atoms with Gasteiger partial charge in [0.25, 0.3) is 0 Å². The number of ether oxygens (including phenoxy) is 1. The molecule has 0 aliphatic carbocycles. The molecule has 0 bridgehead atoms. The molecule has 1 saturated heterocycles. The summed E-state index contributed by atoms with van der Waals surface area (Å²) in [6, 6.07) is 0. The van der Waals surface area contributed by atoms with Crippen LogP contribution in [0.5, 0.6) is 0 Å². The Bertz CT molecular complexity index is 195. The van der Waals surface area contributed by atoms with Crippen molar-refractivity contribution in [2.45, 2.75) is 65.1 Å². The molecule has 2 atom stereocenters. The molecular formula is C12H22O. The smallest absolute Gasteiger partial charge is 0.0918 e. The van der Waals surface area contributed by atoms with Gasteiger partial charge < -0.3 is 4.74 Å². The maximum Gasteiger partial charge on any atom is 0.0918 e. The molecule has 1 aliphatic heterocycles. The van der Waals surface area contributed by atoms with Crippen LogP contribution in [0.3, 0.4) is 0 Å². The van der Waals surface area contributed by atoms with E-state index in [1.807, 2.05) is 0 Å². The van der Waals surface area contributed by atoms with Gasteiger partial charge in [-0.25, -0.2) is 0 Å². The van der Waals surface area contributed by atoms with E-state index in [1.54, 1.807) is 0 Å². The average Bonchev–Trinajstić information content (AvgIpc) is 2.76. The molecule has 1 aliphatic rings. The normalized spacial score (nSPS) is 33.5. The fraction of sp³-hybridized carbons (Fsp3) is 0.833. The van der Waals surface area contributed by atoms with Crippen LogP contribution in [0.4, 0.5) is 0 Å². The Morgan fingerprint density at radius 3 is 2.62 bits per heavy atom. The predicted molar refractivity (Wildman–Crippen MR) is 56.9 cm³/mol. The van der Waals surface area contributed by atoms with Crippen LogP contribution in [0.1, 0.15) is 53.4 Å². The van der Waals surface area contributed by atoms with Crippen molar-refractivity contribution >= 4 is 0 Å². The lowest BCUT2D eigenvalue weighted by molar-refractivity contribution is 0.300. The molecule has 1 rings (SSSR count). The van der Waals surface area contributed by atoms with E-state index >= 15 is 0 Å². The van der Waals surface area contributed by atoms with Gasteiger partial charge in [-0.15, -0.1) is 0 Å². The lowest BCUT2D eigenvalue weighted by Gasteiger charge is -2.01. The molecule has 2 unspecified atom stereocenters. The third-order valence-electron chi connectivity index (χ3n) is 3.09. The quantitative estimate of drug-likeness (QED) is 0.466. The van der Waals surface area contributed by atoms with E-state index in [-0.39, 0.29) is 5.60 Å². The van der Waals surface area contributed by atoms with Gasteiger partial charge >= 0.3 is 0 Å². The molecule has 76 valence electrons. The van der Waals surface area contributed by atoms with E-state index in [1.165, 1.54) is 18.4 Å². The number of rotatable bonds is 5. The van der Waals surface area contributed by atoms with Crippen molar-refractivity contribution in [2.75, 3.05) is 0 Å². The van der Waals surface area contributed by atoms with E-state index in [2.05, 4.69) is 33.8 Å². The second-order valence-corrected chi connectivity index (χ2v) is 4.27. The molecule has 1 fully saturated rings. The summed E-state index contributed by atoms with van der Waals surface area (Å²) in [6.45, 7) is 8.83. The number of hydrogen-bond donors (Lipinski definition) is 0. The highest BCUT2D eigenvalue weighted by atomic mass is 16.6. The minimum absolute atomic E-state index is 0.215. The van der Waals surface area contributed by atoms with Crippen molar-refractivity contribution < 1.29 is 4.74 Å². The first-order chi connectivity index (χ1) is 6.12. The second kappa shape index (κ2) is 4.28. The lowest BCUT2D eigenvalue weighted by atomic mass is 9.99. The van der Waals surface area contributed by atoms with Gasteiger partial charge in [0.05, 0.1) is 11.7 Å². The van der Waals surface area contributed by atoms with Gasteiger partial charge in [-0.3, -0.25) is 0 Å². The molecule has 1 heterocycles. The molecule has 0 spiro atoms. The number of hydrogen-bond acceptors (Lipinski definition) is 1. The van der Waals surface area contributed by atoms with Gasteiger partial charge in [-0.05, 0) is 39.5 Å². The van der Waals surface area contributed by atoms with Gasteiger partial charge in [0.1, 0.15) is 0 Å². The Morgan fingerprint density at radius 2 is 2.15 bits per heavy atom. The average molecular weight is 182 g/mol. The predicted octanol–water partition coefficient (Wildman–Crippen LogP) is 3.69. The highest BCUT2D eigenvalue weighted by Gasteiger charge is 2.49. The molecular weight excluding hydrogens is 160 g/mol. The molecule has 0 aromatic rings. The van der Waals surface area contributed by atoms with Gasteiger partial charge in [0, 0.05) is 0 Å². The van der Waals surface area contributed by atoms with Crippen LogP contribution >= 0.6 is 0 Å². The van der Waals surface area contributed by atoms with Gasteiger partial charge in [0.2, 0.25) is 0 Å². The lowest BCUT2D eigenvalue weighted by Crippen LogP contribution is -2.07. The van der Waals surface area contributed by atoms with Crippen LogP contribution in [-0.4, -0.2) is 11.7 Å². The fourth-order valence-electron chi connectivity index (χ4n) is 1.78. The highest BCUT2D eigenvalue weighted by Crippen LogP contribution is 2.42. The molecule has 0 radical (unpaired) electrons. The largest absolute Gasteiger partial charge is 0.366 e.